The standard InChI is InChI=1S/C17H16INO3/c1-21-15-4-3-5-16(22-2)14(15)10-11-17(20)19-13-8-6-12(18)7-9-13/h3-11H,1-2H3,(H,19,20). The molecule has 0 heterocycles. The average molecular weight is 409 g/mol. The van der Waals surface area contributed by atoms with Crippen molar-refractivity contribution in [2.75, 3.05) is 19.5 Å². The summed E-state index contributed by atoms with van der Waals surface area (Å²) in [5.41, 5.74) is 1.48. The maximum Gasteiger partial charge on any atom is 0.248 e. The van der Waals surface area contributed by atoms with E-state index in [2.05, 4.69) is 27.9 Å². The summed E-state index contributed by atoms with van der Waals surface area (Å²) < 4.78 is 11.7. The van der Waals surface area contributed by atoms with Crippen LogP contribution in [0.2, 0.25) is 0 Å². The Labute approximate surface area is 143 Å². The molecule has 0 atom stereocenters. The van der Waals surface area contributed by atoms with Gasteiger partial charge in [0.25, 0.3) is 0 Å². The van der Waals surface area contributed by atoms with Crippen LogP contribution in [0.25, 0.3) is 6.08 Å². The third kappa shape index (κ3) is 4.24. The fraction of sp³-hybridized carbons (Fsp3) is 0.118. The van der Waals surface area contributed by atoms with Crippen molar-refractivity contribution in [1.29, 1.82) is 0 Å². The number of halogens is 1. The van der Waals surface area contributed by atoms with Gasteiger partial charge in [0, 0.05) is 15.3 Å². The summed E-state index contributed by atoms with van der Waals surface area (Å²) in [4.78, 5) is 12.0. The fourth-order valence-corrected chi connectivity index (χ4v) is 2.28. The van der Waals surface area contributed by atoms with Gasteiger partial charge in [-0.2, -0.15) is 0 Å². The molecule has 0 spiro atoms. The number of carbonyl (C=O) groups excluding carboxylic acids is 1. The molecule has 2 aromatic rings. The molecule has 0 bridgehead atoms. The molecule has 4 nitrogen and oxygen atoms in total. The van der Waals surface area contributed by atoms with E-state index in [1.165, 1.54) is 6.08 Å². The molecule has 0 aliphatic carbocycles. The Balaban J connectivity index is 2.14. The number of carbonyl (C=O) groups is 1. The highest BCUT2D eigenvalue weighted by Crippen LogP contribution is 2.29. The van der Waals surface area contributed by atoms with E-state index in [9.17, 15) is 4.79 Å². The fourth-order valence-electron chi connectivity index (χ4n) is 1.92. The van der Waals surface area contributed by atoms with E-state index in [4.69, 9.17) is 9.47 Å². The van der Waals surface area contributed by atoms with Gasteiger partial charge in [-0.1, -0.05) is 6.07 Å². The zero-order valence-corrected chi connectivity index (χ0v) is 14.5. The van der Waals surface area contributed by atoms with Crippen LogP contribution in [0.3, 0.4) is 0 Å². The van der Waals surface area contributed by atoms with Crippen molar-refractivity contribution in [1.82, 2.24) is 0 Å². The maximum absolute atomic E-state index is 12.0. The zero-order valence-electron chi connectivity index (χ0n) is 12.3. The largest absolute Gasteiger partial charge is 0.496 e. The van der Waals surface area contributed by atoms with Crippen molar-refractivity contribution in [3.63, 3.8) is 0 Å². The monoisotopic (exact) mass is 409 g/mol. The number of nitrogens with one attached hydrogen (secondary N) is 1. The van der Waals surface area contributed by atoms with Crippen molar-refractivity contribution in [2.24, 2.45) is 0 Å². The lowest BCUT2D eigenvalue weighted by molar-refractivity contribution is -0.111. The Morgan fingerprint density at radius 1 is 1.05 bits per heavy atom. The van der Waals surface area contributed by atoms with E-state index in [-0.39, 0.29) is 5.91 Å². The normalized spacial score (nSPS) is 10.5. The minimum atomic E-state index is -0.214. The number of rotatable bonds is 5. The molecule has 0 radical (unpaired) electrons. The molecule has 1 amide bonds. The first-order valence-corrected chi connectivity index (χ1v) is 7.67. The van der Waals surface area contributed by atoms with Crippen molar-refractivity contribution in [3.8, 4) is 11.5 Å². The highest BCUT2D eigenvalue weighted by atomic mass is 127. The van der Waals surface area contributed by atoms with Gasteiger partial charge in [-0.05, 0) is 65.1 Å². The van der Waals surface area contributed by atoms with Crippen LogP contribution in [0, 0.1) is 3.57 Å². The Morgan fingerprint density at radius 3 is 2.18 bits per heavy atom. The summed E-state index contributed by atoms with van der Waals surface area (Å²) in [6, 6.07) is 13.1. The Kier molecular flexibility index (Phi) is 5.83. The Morgan fingerprint density at radius 2 is 1.64 bits per heavy atom. The molecular formula is C17H16INO3. The van der Waals surface area contributed by atoms with E-state index in [1.54, 1.807) is 20.3 Å². The first-order valence-electron chi connectivity index (χ1n) is 6.59. The molecule has 2 aromatic carbocycles. The number of benzene rings is 2. The predicted octanol–water partition coefficient (Wildman–Crippen LogP) is 3.96. The quantitative estimate of drug-likeness (QED) is 0.601. The van der Waals surface area contributed by atoms with Crippen LogP contribution in [0.15, 0.2) is 48.5 Å². The molecule has 0 aliphatic rings. The molecular weight excluding hydrogens is 393 g/mol. The highest BCUT2D eigenvalue weighted by Gasteiger charge is 2.07. The lowest BCUT2D eigenvalue weighted by Gasteiger charge is -2.09. The van der Waals surface area contributed by atoms with Crippen molar-refractivity contribution < 1.29 is 14.3 Å². The van der Waals surface area contributed by atoms with Crippen LogP contribution in [0.1, 0.15) is 5.56 Å². The van der Waals surface area contributed by atoms with Crippen molar-refractivity contribution in [3.05, 3.63) is 57.7 Å². The number of ether oxygens (including phenoxy) is 2. The molecule has 0 unspecified atom stereocenters. The molecule has 0 aromatic heterocycles. The molecule has 5 heteroatoms. The highest BCUT2D eigenvalue weighted by molar-refractivity contribution is 14.1. The van der Waals surface area contributed by atoms with Gasteiger partial charge >= 0.3 is 0 Å². The molecule has 0 saturated heterocycles. The molecule has 0 fully saturated rings. The summed E-state index contributed by atoms with van der Waals surface area (Å²) in [7, 11) is 3.16. The summed E-state index contributed by atoms with van der Waals surface area (Å²) >= 11 is 2.22. The van der Waals surface area contributed by atoms with Crippen LogP contribution >= 0.6 is 22.6 Å². The summed E-state index contributed by atoms with van der Waals surface area (Å²) in [5, 5.41) is 2.80. The first-order chi connectivity index (χ1) is 10.6. The Hall–Kier alpha value is -2.02. The van der Waals surface area contributed by atoms with Gasteiger partial charge in [0.1, 0.15) is 11.5 Å². The van der Waals surface area contributed by atoms with Crippen LogP contribution in [0.5, 0.6) is 11.5 Å². The van der Waals surface area contributed by atoms with Crippen LogP contribution in [0.4, 0.5) is 5.69 Å². The van der Waals surface area contributed by atoms with E-state index in [0.717, 1.165) is 14.8 Å². The minimum Gasteiger partial charge on any atom is -0.496 e. The number of anilines is 1. The second-order valence-corrected chi connectivity index (χ2v) is 5.65. The number of hydrogen-bond donors (Lipinski definition) is 1. The lowest BCUT2D eigenvalue weighted by Crippen LogP contribution is -2.07. The second kappa shape index (κ2) is 7.84. The van der Waals surface area contributed by atoms with Gasteiger partial charge in [0.2, 0.25) is 5.91 Å². The molecule has 0 aliphatic heterocycles. The molecule has 0 saturated carbocycles. The zero-order chi connectivity index (χ0) is 15.9. The van der Waals surface area contributed by atoms with Gasteiger partial charge in [-0.15, -0.1) is 0 Å². The Bertz CT molecular complexity index is 659. The SMILES string of the molecule is COc1cccc(OC)c1C=CC(=O)Nc1ccc(I)cc1. The maximum atomic E-state index is 12.0. The number of hydrogen-bond acceptors (Lipinski definition) is 3. The van der Waals surface area contributed by atoms with E-state index in [1.807, 2.05) is 42.5 Å². The van der Waals surface area contributed by atoms with E-state index >= 15 is 0 Å². The predicted molar refractivity (Wildman–Crippen MR) is 96.4 cm³/mol. The lowest BCUT2D eigenvalue weighted by atomic mass is 10.1. The van der Waals surface area contributed by atoms with E-state index < -0.39 is 0 Å². The van der Waals surface area contributed by atoms with Crippen LogP contribution in [-0.2, 0) is 4.79 Å². The first kappa shape index (κ1) is 16.4. The molecule has 22 heavy (non-hydrogen) atoms. The van der Waals surface area contributed by atoms with Gasteiger partial charge in [-0.3, -0.25) is 4.79 Å². The van der Waals surface area contributed by atoms with E-state index in [0.29, 0.717) is 11.5 Å². The average Bonchev–Trinajstić information content (AvgIpc) is 2.54. The number of methoxy groups -OCH3 is 2. The van der Waals surface area contributed by atoms with Crippen molar-refractivity contribution in [2.45, 2.75) is 0 Å². The molecule has 1 N–H and O–H groups in total. The topological polar surface area (TPSA) is 47.6 Å². The summed E-state index contributed by atoms with van der Waals surface area (Å²) in [5.74, 6) is 1.09. The van der Waals surface area contributed by atoms with Gasteiger partial charge in [0.15, 0.2) is 0 Å². The summed E-state index contributed by atoms with van der Waals surface area (Å²) in [6.45, 7) is 0. The van der Waals surface area contributed by atoms with Crippen LogP contribution < -0.4 is 14.8 Å². The van der Waals surface area contributed by atoms with Gasteiger partial charge < -0.3 is 14.8 Å². The third-order valence-electron chi connectivity index (χ3n) is 2.98. The minimum absolute atomic E-state index is 0.214. The van der Waals surface area contributed by atoms with Gasteiger partial charge in [0.05, 0.1) is 19.8 Å². The number of amides is 1. The van der Waals surface area contributed by atoms with Crippen molar-refractivity contribution >= 4 is 40.3 Å². The van der Waals surface area contributed by atoms with Crippen LogP contribution in [-0.4, -0.2) is 20.1 Å². The second-order valence-electron chi connectivity index (χ2n) is 4.41. The smallest absolute Gasteiger partial charge is 0.248 e. The molecule has 114 valence electrons. The third-order valence-corrected chi connectivity index (χ3v) is 3.70. The summed E-state index contributed by atoms with van der Waals surface area (Å²) in [6.07, 6.45) is 3.14. The molecule has 2 rings (SSSR count). The van der Waals surface area contributed by atoms with Gasteiger partial charge in [-0.25, -0.2) is 0 Å².